The molecule has 0 saturated heterocycles. The first-order valence-corrected chi connectivity index (χ1v) is 7.34. The van der Waals surface area contributed by atoms with Gasteiger partial charge in [0.15, 0.2) is 5.12 Å². The van der Waals surface area contributed by atoms with Crippen molar-refractivity contribution in [3.63, 3.8) is 0 Å². The van der Waals surface area contributed by atoms with Gasteiger partial charge in [-0.2, -0.15) is 0 Å². The summed E-state index contributed by atoms with van der Waals surface area (Å²) in [7, 11) is 0. The van der Waals surface area contributed by atoms with Crippen molar-refractivity contribution >= 4 is 48.7 Å². The first-order chi connectivity index (χ1) is 8.00. The SMILES string of the molecule is CC(=O)SCCC#Cc1c(Br)cc(F)cc1Br. The van der Waals surface area contributed by atoms with Crippen molar-refractivity contribution in [1.82, 2.24) is 0 Å². The highest BCUT2D eigenvalue weighted by Gasteiger charge is 2.04. The summed E-state index contributed by atoms with van der Waals surface area (Å²) in [6, 6.07) is 2.75. The molecule has 5 heteroatoms. The number of hydrogen-bond donors (Lipinski definition) is 0. The Morgan fingerprint density at radius 1 is 1.41 bits per heavy atom. The molecule has 0 aliphatic rings. The summed E-state index contributed by atoms with van der Waals surface area (Å²) in [5.74, 6) is 6.26. The van der Waals surface area contributed by atoms with Gasteiger partial charge in [-0.15, -0.1) is 0 Å². The van der Waals surface area contributed by atoms with E-state index in [1.807, 2.05) is 0 Å². The highest BCUT2D eigenvalue weighted by atomic mass is 79.9. The van der Waals surface area contributed by atoms with Gasteiger partial charge in [-0.25, -0.2) is 4.39 Å². The standard InChI is InChI=1S/C12H9Br2FOS/c1-8(16)17-5-3-2-4-10-11(13)6-9(15)7-12(10)14/h6-7H,3,5H2,1H3. The lowest BCUT2D eigenvalue weighted by molar-refractivity contribution is -0.109. The van der Waals surface area contributed by atoms with Crippen molar-refractivity contribution in [3.8, 4) is 11.8 Å². The zero-order valence-corrected chi connectivity index (χ0v) is 13.0. The van der Waals surface area contributed by atoms with E-state index in [1.165, 1.54) is 30.8 Å². The monoisotopic (exact) mass is 378 g/mol. The van der Waals surface area contributed by atoms with Crippen molar-refractivity contribution in [2.75, 3.05) is 5.75 Å². The van der Waals surface area contributed by atoms with Crippen molar-refractivity contribution in [2.45, 2.75) is 13.3 Å². The minimum atomic E-state index is -0.318. The molecule has 0 spiro atoms. The van der Waals surface area contributed by atoms with E-state index in [4.69, 9.17) is 0 Å². The summed E-state index contributed by atoms with van der Waals surface area (Å²) < 4.78 is 14.2. The van der Waals surface area contributed by atoms with Gasteiger partial charge in [0.1, 0.15) is 5.82 Å². The maximum Gasteiger partial charge on any atom is 0.185 e. The van der Waals surface area contributed by atoms with E-state index in [0.717, 1.165) is 5.56 Å². The average molecular weight is 380 g/mol. The Balaban J connectivity index is 2.69. The summed E-state index contributed by atoms with van der Waals surface area (Å²) in [6.45, 7) is 1.53. The lowest BCUT2D eigenvalue weighted by atomic mass is 10.2. The molecule has 0 bridgehead atoms. The Morgan fingerprint density at radius 2 is 2.00 bits per heavy atom. The van der Waals surface area contributed by atoms with E-state index in [0.29, 0.717) is 21.1 Å². The van der Waals surface area contributed by atoms with Crippen LogP contribution in [0.5, 0.6) is 0 Å². The molecule has 0 aromatic heterocycles. The van der Waals surface area contributed by atoms with Crippen molar-refractivity contribution in [1.29, 1.82) is 0 Å². The molecule has 0 aliphatic carbocycles. The van der Waals surface area contributed by atoms with Gasteiger partial charge in [-0.1, -0.05) is 23.6 Å². The van der Waals surface area contributed by atoms with Gasteiger partial charge >= 0.3 is 0 Å². The second-order valence-corrected chi connectivity index (χ2v) is 6.12. The van der Waals surface area contributed by atoms with Crippen LogP contribution in [0.4, 0.5) is 4.39 Å². The van der Waals surface area contributed by atoms with E-state index in [2.05, 4.69) is 43.7 Å². The molecular weight excluding hydrogens is 371 g/mol. The molecule has 1 rings (SSSR count). The van der Waals surface area contributed by atoms with Gasteiger partial charge in [0.2, 0.25) is 0 Å². The molecule has 1 aromatic carbocycles. The summed E-state index contributed by atoms with van der Waals surface area (Å²) >= 11 is 7.77. The lowest BCUT2D eigenvalue weighted by Crippen LogP contribution is -1.86. The highest BCUT2D eigenvalue weighted by molar-refractivity contribution is 9.11. The minimum Gasteiger partial charge on any atom is -0.288 e. The minimum absolute atomic E-state index is 0.0935. The third-order valence-corrected chi connectivity index (χ3v) is 3.82. The molecule has 0 unspecified atom stereocenters. The highest BCUT2D eigenvalue weighted by Crippen LogP contribution is 2.25. The summed E-state index contributed by atoms with van der Waals surface area (Å²) in [4.78, 5) is 10.7. The zero-order valence-electron chi connectivity index (χ0n) is 9.02. The van der Waals surface area contributed by atoms with Crippen LogP contribution in [0.2, 0.25) is 0 Å². The molecule has 0 aliphatic heterocycles. The second kappa shape index (κ2) is 7.20. The molecule has 1 aromatic rings. The first kappa shape index (κ1) is 14.7. The van der Waals surface area contributed by atoms with Crippen LogP contribution in [0.15, 0.2) is 21.1 Å². The molecule has 17 heavy (non-hydrogen) atoms. The fraction of sp³-hybridized carbons (Fsp3) is 0.250. The van der Waals surface area contributed by atoms with Crippen LogP contribution in [0.3, 0.4) is 0 Å². The molecular formula is C12H9Br2FOS. The lowest BCUT2D eigenvalue weighted by Gasteiger charge is -2.00. The third-order valence-electron chi connectivity index (χ3n) is 1.75. The van der Waals surface area contributed by atoms with Crippen LogP contribution in [0.25, 0.3) is 0 Å². The van der Waals surface area contributed by atoms with Gasteiger partial charge in [0, 0.05) is 28.0 Å². The molecule has 0 atom stereocenters. The van der Waals surface area contributed by atoms with E-state index in [9.17, 15) is 9.18 Å². The Kier molecular flexibility index (Phi) is 6.24. The number of hydrogen-bond acceptors (Lipinski definition) is 2. The number of thioether (sulfide) groups is 1. The molecule has 0 radical (unpaired) electrons. The fourth-order valence-electron chi connectivity index (χ4n) is 1.06. The van der Waals surface area contributed by atoms with Gasteiger partial charge in [-0.05, 0) is 44.0 Å². The average Bonchev–Trinajstić information content (AvgIpc) is 2.20. The Bertz CT molecular complexity index is 468. The van der Waals surface area contributed by atoms with E-state index in [-0.39, 0.29) is 10.9 Å². The zero-order chi connectivity index (χ0) is 12.8. The predicted molar refractivity (Wildman–Crippen MR) is 76.4 cm³/mol. The molecule has 0 fully saturated rings. The van der Waals surface area contributed by atoms with Crippen LogP contribution in [0.1, 0.15) is 18.9 Å². The van der Waals surface area contributed by atoms with Gasteiger partial charge in [0.05, 0.1) is 5.56 Å². The number of carbonyl (C=O) groups excluding carboxylic acids is 1. The molecule has 1 nitrogen and oxygen atoms in total. The molecule has 0 saturated carbocycles. The van der Waals surface area contributed by atoms with Crippen LogP contribution in [0, 0.1) is 17.7 Å². The van der Waals surface area contributed by atoms with E-state index in [1.54, 1.807) is 0 Å². The van der Waals surface area contributed by atoms with Crippen LogP contribution < -0.4 is 0 Å². The maximum absolute atomic E-state index is 13.0. The third kappa shape index (κ3) is 5.24. The maximum atomic E-state index is 13.0. The number of carbonyl (C=O) groups is 1. The summed E-state index contributed by atoms with van der Waals surface area (Å²) in [5, 5.41) is 0.0935. The molecule has 0 heterocycles. The molecule has 90 valence electrons. The van der Waals surface area contributed by atoms with Crippen LogP contribution >= 0.6 is 43.6 Å². The molecule has 0 N–H and O–H groups in total. The van der Waals surface area contributed by atoms with Gasteiger partial charge in [0.25, 0.3) is 0 Å². The quantitative estimate of drug-likeness (QED) is 0.560. The van der Waals surface area contributed by atoms with Gasteiger partial charge < -0.3 is 0 Å². The molecule has 0 amide bonds. The van der Waals surface area contributed by atoms with Gasteiger partial charge in [-0.3, -0.25) is 4.79 Å². The summed E-state index contributed by atoms with van der Waals surface area (Å²) in [6.07, 6.45) is 0.625. The van der Waals surface area contributed by atoms with Crippen LogP contribution in [-0.2, 0) is 4.79 Å². The van der Waals surface area contributed by atoms with Crippen LogP contribution in [-0.4, -0.2) is 10.9 Å². The summed E-state index contributed by atoms with van der Waals surface area (Å²) in [5.41, 5.74) is 0.722. The second-order valence-electron chi connectivity index (χ2n) is 3.14. The first-order valence-electron chi connectivity index (χ1n) is 4.77. The van der Waals surface area contributed by atoms with Crippen molar-refractivity contribution < 1.29 is 9.18 Å². The smallest absolute Gasteiger partial charge is 0.185 e. The Morgan fingerprint density at radius 3 is 2.53 bits per heavy atom. The fourth-order valence-corrected chi connectivity index (χ4v) is 2.88. The number of rotatable bonds is 2. The number of halogens is 3. The normalized spacial score (nSPS) is 9.65. The van der Waals surface area contributed by atoms with Crippen molar-refractivity contribution in [3.05, 3.63) is 32.5 Å². The Hall–Kier alpha value is -0.310. The number of benzene rings is 1. The Labute approximate surface area is 121 Å². The van der Waals surface area contributed by atoms with Crippen molar-refractivity contribution in [2.24, 2.45) is 0 Å². The van der Waals surface area contributed by atoms with E-state index < -0.39 is 0 Å². The topological polar surface area (TPSA) is 17.1 Å². The largest absolute Gasteiger partial charge is 0.288 e. The van der Waals surface area contributed by atoms with E-state index >= 15 is 0 Å². The predicted octanol–water partition coefficient (Wildman–Crippen LogP) is 4.37.